The summed E-state index contributed by atoms with van der Waals surface area (Å²) in [5.41, 5.74) is 3.24. The van der Waals surface area contributed by atoms with E-state index in [0.29, 0.717) is 29.7 Å². The van der Waals surface area contributed by atoms with E-state index in [1.54, 1.807) is 26.0 Å². The molecule has 2 fully saturated rings. The zero-order valence-electron chi connectivity index (χ0n) is 20.7. The van der Waals surface area contributed by atoms with Gasteiger partial charge in [-0.15, -0.1) is 11.8 Å². The number of thioether (sulfide) groups is 1. The summed E-state index contributed by atoms with van der Waals surface area (Å²) in [6, 6.07) is 14.0. The third-order valence-corrected chi connectivity index (χ3v) is 8.19. The highest BCUT2D eigenvalue weighted by molar-refractivity contribution is 8.04. The highest BCUT2D eigenvalue weighted by atomic mass is 32.2. The number of carbonyl (C=O) groups is 2. The molecule has 0 bridgehead atoms. The normalized spacial score (nSPS) is 20.9. The quantitative estimate of drug-likeness (QED) is 0.544. The van der Waals surface area contributed by atoms with Gasteiger partial charge in [0, 0.05) is 17.8 Å². The van der Waals surface area contributed by atoms with Crippen molar-refractivity contribution in [3.8, 4) is 11.5 Å². The van der Waals surface area contributed by atoms with Crippen molar-refractivity contribution >= 4 is 29.7 Å². The molecule has 2 aromatic rings. The van der Waals surface area contributed by atoms with Gasteiger partial charge >= 0.3 is 0 Å². The third-order valence-electron chi connectivity index (χ3n) is 6.79. The lowest BCUT2D eigenvalue weighted by Crippen LogP contribution is -2.54. The number of nitrogens with one attached hydrogen (secondary N) is 1. The van der Waals surface area contributed by atoms with Gasteiger partial charge in [0.15, 0.2) is 11.5 Å². The molecule has 35 heavy (non-hydrogen) atoms. The van der Waals surface area contributed by atoms with Crippen LogP contribution in [0.5, 0.6) is 11.5 Å². The Labute approximate surface area is 212 Å². The largest absolute Gasteiger partial charge is 0.493 e. The summed E-state index contributed by atoms with van der Waals surface area (Å²) in [5, 5.41) is 3.35. The summed E-state index contributed by atoms with van der Waals surface area (Å²) in [6.07, 6.45) is 6.97. The van der Waals surface area contributed by atoms with Gasteiger partial charge in [-0.3, -0.25) is 9.59 Å². The molecule has 4 rings (SSSR count). The van der Waals surface area contributed by atoms with Gasteiger partial charge in [-0.2, -0.15) is 0 Å². The van der Waals surface area contributed by atoms with Gasteiger partial charge in [0.25, 0.3) is 5.91 Å². The van der Waals surface area contributed by atoms with Crippen LogP contribution in [0.4, 0.5) is 0 Å². The minimum Gasteiger partial charge on any atom is -0.493 e. The lowest BCUT2D eigenvalue weighted by molar-refractivity contribution is -0.135. The number of rotatable bonds is 8. The Morgan fingerprint density at radius 2 is 1.89 bits per heavy atom. The number of hydrogen-bond acceptors (Lipinski definition) is 5. The number of hydrogen-bond donors (Lipinski definition) is 1. The Morgan fingerprint density at radius 1 is 1.11 bits per heavy atom. The van der Waals surface area contributed by atoms with Crippen LogP contribution in [0.3, 0.4) is 0 Å². The predicted octanol–water partition coefficient (Wildman–Crippen LogP) is 4.60. The first-order valence-corrected chi connectivity index (χ1v) is 13.1. The molecular formula is C28H34N2O4S. The van der Waals surface area contributed by atoms with Crippen molar-refractivity contribution in [3.05, 3.63) is 64.1 Å². The minimum atomic E-state index is -0.120. The number of benzene rings is 2. The molecule has 2 atom stereocenters. The molecule has 1 saturated carbocycles. The van der Waals surface area contributed by atoms with Crippen LogP contribution in [0.2, 0.25) is 0 Å². The molecule has 186 valence electrons. The summed E-state index contributed by atoms with van der Waals surface area (Å²) in [4.78, 5) is 28.9. The van der Waals surface area contributed by atoms with Gasteiger partial charge in [-0.05, 0) is 61.1 Å². The van der Waals surface area contributed by atoms with Crippen molar-refractivity contribution in [2.45, 2.75) is 50.3 Å². The number of ether oxygens (including phenoxy) is 2. The molecule has 0 spiro atoms. The molecule has 2 unspecified atom stereocenters. The van der Waals surface area contributed by atoms with Crippen molar-refractivity contribution in [3.63, 3.8) is 0 Å². The molecule has 1 heterocycles. The fourth-order valence-corrected chi connectivity index (χ4v) is 6.31. The van der Waals surface area contributed by atoms with Crippen LogP contribution in [-0.2, 0) is 16.0 Å². The molecule has 2 amide bonds. The number of fused-ring (bicyclic) bond motifs is 1. The molecule has 1 N–H and O–H groups in total. The van der Waals surface area contributed by atoms with E-state index in [1.807, 2.05) is 47.4 Å². The zero-order valence-corrected chi connectivity index (χ0v) is 21.5. The number of aryl methyl sites for hydroxylation is 1. The maximum Gasteiger partial charge on any atom is 0.261 e. The molecule has 2 aromatic carbocycles. The smallest absolute Gasteiger partial charge is 0.261 e. The minimum absolute atomic E-state index is 0.0311. The number of methoxy groups -OCH3 is 2. The standard InChI is InChI=1S/C28H34N2O4S/c1-19-8-4-5-9-21(19)17-26-28(32)30(22-10-6-7-11-25(22)35-26)18-27(31)29-15-14-20-12-13-23(33-2)24(16-20)34-3/h4-5,8-9,12-13,16-17,22,25H,6-7,10-11,14-15,18H2,1-3H3,(H,29,31)/b26-17-. The van der Waals surface area contributed by atoms with Gasteiger partial charge in [-0.25, -0.2) is 0 Å². The highest BCUT2D eigenvalue weighted by Gasteiger charge is 2.41. The number of carbonyl (C=O) groups excluding carboxylic acids is 2. The van der Waals surface area contributed by atoms with Crippen molar-refractivity contribution in [2.24, 2.45) is 0 Å². The van der Waals surface area contributed by atoms with E-state index < -0.39 is 0 Å². The van der Waals surface area contributed by atoms with E-state index in [0.717, 1.165) is 40.9 Å². The first kappa shape index (κ1) is 25.2. The van der Waals surface area contributed by atoms with Crippen LogP contribution in [-0.4, -0.2) is 55.3 Å². The maximum absolute atomic E-state index is 13.5. The van der Waals surface area contributed by atoms with E-state index in [4.69, 9.17) is 9.47 Å². The second-order valence-electron chi connectivity index (χ2n) is 9.10. The lowest BCUT2D eigenvalue weighted by Gasteiger charge is -2.43. The van der Waals surface area contributed by atoms with E-state index in [9.17, 15) is 9.59 Å². The fraction of sp³-hybridized carbons (Fsp3) is 0.429. The molecule has 0 radical (unpaired) electrons. The molecule has 2 aliphatic rings. The monoisotopic (exact) mass is 494 g/mol. The summed E-state index contributed by atoms with van der Waals surface area (Å²) < 4.78 is 10.6. The van der Waals surface area contributed by atoms with E-state index in [1.165, 1.54) is 6.42 Å². The van der Waals surface area contributed by atoms with E-state index in [2.05, 4.69) is 18.3 Å². The average molecular weight is 495 g/mol. The summed E-state index contributed by atoms with van der Waals surface area (Å²) in [5.74, 6) is 1.20. The molecular weight excluding hydrogens is 460 g/mol. The first-order valence-electron chi connectivity index (χ1n) is 12.2. The van der Waals surface area contributed by atoms with Crippen LogP contribution >= 0.6 is 11.8 Å². The Bertz CT molecular complexity index is 1100. The summed E-state index contributed by atoms with van der Waals surface area (Å²) in [7, 11) is 3.22. The second-order valence-corrected chi connectivity index (χ2v) is 10.4. The Kier molecular flexibility index (Phi) is 8.39. The van der Waals surface area contributed by atoms with Crippen molar-refractivity contribution < 1.29 is 19.1 Å². The summed E-state index contributed by atoms with van der Waals surface area (Å²) in [6.45, 7) is 2.64. The van der Waals surface area contributed by atoms with Gasteiger partial charge in [0.05, 0.1) is 19.1 Å². The fourth-order valence-electron chi connectivity index (χ4n) is 4.84. The second kappa shape index (κ2) is 11.7. The Balaban J connectivity index is 1.42. The number of amides is 2. The van der Waals surface area contributed by atoms with Crippen molar-refractivity contribution in [1.29, 1.82) is 0 Å². The van der Waals surface area contributed by atoms with E-state index in [-0.39, 0.29) is 24.4 Å². The molecule has 7 heteroatoms. The van der Waals surface area contributed by atoms with Gasteiger partial charge in [-0.1, -0.05) is 43.2 Å². The van der Waals surface area contributed by atoms with Crippen molar-refractivity contribution in [2.75, 3.05) is 27.3 Å². The Hall–Kier alpha value is -2.93. The first-order chi connectivity index (χ1) is 17.0. The lowest BCUT2D eigenvalue weighted by atomic mass is 9.93. The summed E-state index contributed by atoms with van der Waals surface area (Å²) >= 11 is 1.70. The van der Waals surface area contributed by atoms with Crippen LogP contribution in [0.1, 0.15) is 42.4 Å². The molecule has 0 aromatic heterocycles. The average Bonchev–Trinajstić information content (AvgIpc) is 2.87. The zero-order chi connectivity index (χ0) is 24.8. The van der Waals surface area contributed by atoms with Crippen LogP contribution in [0, 0.1) is 6.92 Å². The molecule has 6 nitrogen and oxygen atoms in total. The van der Waals surface area contributed by atoms with Crippen LogP contribution in [0.25, 0.3) is 6.08 Å². The number of nitrogens with zero attached hydrogens (tertiary/aromatic N) is 1. The van der Waals surface area contributed by atoms with E-state index >= 15 is 0 Å². The highest BCUT2D eigenvalue weighted by Crippen LogP contribution is 2.42. The van der Waals surface area contributed by atoms with Gasteiger partial charge in [0.1, 0.15) is 6.54 Å². The van der Waals surface area contributed by atoms with Crippen molar-refractivity contribution in [1.82, 2.24) is 10.2 Å². The molecule has 1 aliphatic heterocycles. The maximum atomic E-state index is 13.5. The van der Waals surface area contributed by atoms with Crippen LogP contribution < -0.4 is 14.8 Å². The van der Waals surface area contributed by atoms with Gasteiger partial charge in [0.2, 0.25) is 5.91 Å². The predicted molar refractivity (Wildman–Crippen MR) is 141 cm³/mol. The Morgan fingerprint density at radius 3 is 2.66 bits per heavy atom. The molecule has 1 saturated heterocycles. The topological polar surface area (TPSA) is 67.9 Å². The van der Waals surface area contributed by atoms with Crippen LogP contribution in [0.15, 0.2) is 47.4 Å². The third kappa shape index (κ3) is 6.01. The SMILES string of the molecule is COc1ccc(CCNC(=O)CN2C(=O)/C(=C/c3ccccc3C)SC3CCCCC32)cc1OC. The van der Waals surface area contributed by atoms with Gasteiger partial charge < -0.3 is 19.7 Å². The molecule has 1 aliphatic carbocycles.